The lowest BCUT2D eigenvalue weighted by atomic mass is 10.4. The number of allylic oxidation sites excluding steroid dienone is 8. The summed E-state index contributed by atoms with van der Waals surface area (Å²) in [5.74, 6) is 0. The van der Waals surface area contributed by atoms with E-state index in [4.69, 9.17) is 0 Å². The van der Waals surface area contributed by atoms with Crippen LogP contribution in [0.25, 0.3) is 0 Å². The first kappa shape index (κ1) is 21.4. The number of benzene rings is 2. The lowest BCUT2D eigenvalue weighted by Crippen LogP contribution is -1.47. The van der Waals surface area contributed by atoms with E-state index in [0.717, 1.165) is 12.8 Å². The van der Waals surface area contributed by atoms with E-state index in [-0.39, 0.29) is 0 Å². The fraction of sp³-hybridized carbons (Fsp3) is 0.167. The second-order valence-electron chi connectivity index (χ2n) is 4.49. The molecule has 0 saturated heterocycles. The minimum absolute atomic E-state index is 1.14. The molecule has 0 saturated carbocycles. The second-order valence-corrected chi connectivity index (χ2v) is 4.49. The molecule has 2 aromatic carbocycles. The molecule has 0 unspecified atom stereocenters. The van der Waals surface area contributed by atoms with E-state index in [9.17, 15) is 0 Å². The first-order chi connectivity index (χ1) is 12.0. The van der Waals surface area contributed by atoms with Gasteiger partial charge in [-0.1, -0.05) is 135 Å². The number of rotatable bonds is 0. The Kier molecular flexibility index (Phi) is 18.2. The smallest absolute Gasteiger partial charge is 0.0163 e. The van der Waals surface area contributed by atoms with Gasteiger partial charge in [0, 0.05) is 0 Å². The molecular formula is C24H30. The summed E-state index contributed by atoms with van der Waals surface area (Å²) >= 11 is 0. The Balaban J connectivity index is 0.000000285. The maximum Gasteiger partial charge on any atom is -0.0163 e. The molecule has 0 fully saturated rings. The quantitative estimate of drug-likeness (QED) is 0.474. The Morgan fingerprint density at radius 1 is 0.333 bits per heavy atom. The minimum Gasteiger partial charge on any atom is -0.0808 e. The molecule has 2 aliphatic rings. The van der Waals surface area contributed by atoms with Crippen molar-refractivity contribution in [3.8, 4) is 0 Å². The van der Waals surface area contributed by atoms with Gasteiger partial charge in [0.1, 0.15) is 0 Å². The molecule has 4 rings (SSSR count). The van der Waals surface area contributed by atoms with Crippen LogP contribution in [-0.2, 0) is 0 Å². The lowest BCUT2D eigenvalue weighted by molar-refractivity contribution is 1.45. The molecule has 0 N–H and O–H groups in total. The van der Waals surface area contributed by atoms with Gasteiger partial charge < -0.3 is 0 Å². The summed E-state index contributed by atoms with van der Waals surface area (Å²) < 4.78 is 0. The molecule has 0 radical (unpaired) electrons. The summed E-state index contributed by atoms with van der Waals surface area (Å²) in [7, 11) is 0. The van der Waals surface area contributed by atoms with Gasteiger partial charge in [0.2, 0.25) is 0 Å². The third-order valence-corrected chi connectivity index (χ3v) is 2.64. The highest BCUT2D eigenvalue weighted by Crippen LogP contribution is 1.93. The van der Waals surface area contributed by atoms with E-state index in [1.165, 1.54) is 0 Å². The van der Waals surface area contributed by atoms with Crippen LogP contribution in [0.15, 0.2) is 121 Å². The second kappa shape index (κ2) is 20.4. The zero-order chi connectivity index (χ0) is 17.6. The summed E-state index contributed by atoms with van der Waals surface area (Å²) in [6.45, 7) is 4.00. The van der Waals surface area contributed by atoms with Crippen LogP contribution in [0.5, 0.6) is 0 Å². The van der Waals surface area contributed by atoms with Gasteiger partial charge in [-0.3, -0.25) is 0 Å². The molecule has 0 amide bonds. The van der Waals surface area contributed by atoms with E-state index in [2.05, 4.69) is 48.6 Å². The van der Waals surface area contributed by atoms with E-state index < -0.39 is 0 Å². The zero-order valence-electron chi connectivity index (χ0n) is 15.0. The Morgan fingerprint density at radius 3 is 0.583 bits per heavy atom. The Bertz CT molecular complexity index is 418. The molecule has 24 heavy (non-hydrogen) atoms. The molecule has 126 valence electrons. The van der Waals surface area contributed by atoms with E-state index in [1.807, 2.05) is 86.6 Å². The van der Waals surface area contributed by atoms with E-state index in [1.54, 1.807) is 0 Å². The molecule has 2 aliphatic carbocycles. The van der Waals surface area contributed by atoms with Crippen molar-refractivity contribution in [1.82, 2.24) is 0 Å². The fourth-order valence-electron chi connectivity index (χ4n) is 1.56. The van der Waals surface area contributed by atoms with Crippen LogP contribution in [0.2, 0.25) is 0 Å². The van der Waals surface area contributed by atoms with E-state index in [0.29, 0.717) is 0 Å². The van der Waals surface area contributed by atoms with Crippen LogP contribution < -0.4 is 0 Å². The SMILES string of the molecule is C1=CCC=C1.C1=CCC=C1.CC.c1ccccc1.c1ccccc1. The van der Waals surface area contributed by atoms with Gasteiger partial charge in [-0.25, -0.2) is 0 Å². The predicted octanol–water partition coefficient (Wildman–Crippen LogP) is 7.40. The Hall–Kier alpha value is -2.60. The third-order valence-electron chi connectivity index (χ3n) is 2.64. The molecular weight excluding hydrogens is 288 g/mol. The van der Waals surface area contributed by atoms with Crippen molar-refractivity contribution < 1.29 is 0 Å². The predicted molar refractivity (Wildman–Crippen MR) is 110 cm³/mol. The molecule has 0 spiro atoms. The van der Waals surface area contributed by atoms with E-state index >= 15 is 0 Å². The first-order valence-corrected chi connectivity index (χ1v) is 8.63. The highest BCUT2D eigenvalue weighted by molar-refractivity contribution is 5.12. The van der Waals surface area contributed by atoms with Gasteiger partial charge in [0.15, 0.2) is 0 Å². The molecule has 0 nitrogen and oxygen atoms in total. The molecule has 0 aromatic heterocycles. The third kappa shape index (κ3) is 17.5. The Labute approximate surface area is 148 Å². The molecule has 0 heteroatoms. The first-order valence-electron chi connectivity index (χ1n) is 8.63. The summed E-state index contributed by atoms with van der Waals surface area (Å²) in [6, 6.07) is 24.0. The highest BCUT2D eigenvalue weighted by Gasteiger charge is 1.72. The maximum atomic E-state index is 2.12. The molecule has 2 aromatic rings. The van der Waals surface area contributed by atoms with Gasteiger partial charge in [0.05, 0.1) is 0 Å². The van der Waals surface area contributed by atoms with Crippen molar-refractivity contribution in [2.45, 2.75) is 26.7 Å². The summed E-state index contributed by atoms with van der Waals surface area (Å²) in [5, 5.41) is 0. The van der Waals surface area contributed by atoms with Gasteiger partial charge in [-0.2, -0.15) is 0 Å². The maximum absolute atomic E-state index is 2.12. The van der Waals surface area contributed by atoms with Crippen molar-refractivity contribution in [3.63, 3.8) is 0 Å². The van der Waals surface area contributed by atoms with Crippen molar-refractivity contribution in [2.75, 3.05) is 0 Å². The largest absolute Gasteiger partial charge is 0.0808 e. The van der Waals surface area contributed by atoms with Gasteiger partial charge >= 0.3 is 0 Å². The molecule has 0 bridgehead atoms. The standard InChI is InChI=1S/2C6H6.2C5H6.C2H6/c2*1-2-4-6-5-3-1;2*1-2-4-5-3-1;1-2/h2*1-6H;2*1-4H,5H2;1-2H3. The molecule has 0 aliphatic heterocycles. The average molecular weight is 319 g/mol. The van der Waals surface area contributed by atoms with Gasteiger partial charge in [-0.05, 0) is 12.8 Å². The summed E-state index contributed by atoms with van der Waals surface area (Å²) in [6.07, 6.45) is 19.0. The average Bonchev–Trinajstić information content (AvgIpc) is 3.45. The Morgan fingerprint density at radius 2 is 0.500 bits per heavy atom. The van der Waals surface area contributed by atoms with Crippen molar-refractivity contribution in [1.29, 1.82) is 0 Å². The lowest BCUT2D eigenvalue weighted by Gasteiger charge is -1.69. The van der Waals surface area contributed by atoms with Crippen LogP contribution in [0.1, 0.15) is 26.7 Å². The van der Waals surface area contributed by atoms with Crippen LogP contribution in [0.4, 0.5) is 0 Å². The highest BCUT2D eigenvalue weighted by atomic mass is 13.8. The van der Waals surface area contributed by atoms with Crippen LogP contribution in [0, 0.1) is 0 Å². The van der Waals surface area contributed by atoms with Crippen molar-refractivity contribution in [2.24, 2.45) is 0 Å². The zero-order valence-corrected chi connectivity index (χ0v) is 15.0. The molecule has 0 heterocycles. The van der Waals surface area contributed by atoms with Crippen LogP contribution >= 0.6 is 0 Å². The van der Waals surface area contributed by atoms with Gasteiger partial charge in [-0.15, -0.1) is 0 Å². The van der Waals surface area contributed by atoms with Crippen LogP contribution in [-0.4, -0.2) is 0 Å². The van der Waals surface area contributed by atoms with Crippen molar-refractivity contribution >= 4 is 0 Å². The normalized spacial score (nSPS) is 11.6. The molecule has 0 atom stereocenters. The summed E-state index contributed by atoms with van der Waals surface area (Å²) in [5.41, 5.74) is 0. The van der Waals surface area contributed by atoms with Gasteiger partial charge in [0.25, 0.3) is 0 Å². The minimum atomic E-state index is 1.14. The topological polar surface area (TPSA) is 0 Å². The number of hydrogen-bond donors (Lipinski definition) is 0. The fourth-order valence-corrected chi connectivity index (χ4v) is 1.56. The van der Waals surface area contributed by atoms with Crippen molar-refractivity contribution in [3.05, 3.63) is 121 Å². The monoisotopic (exact) mass is 318 g/mol. The summed E-state index contributed by atoms with van der Waals surface area (Å²) in [4.78, 5) is 0. The number of hydrogen-bond acceptors (Lipinski definition) is 0. The van der Waals surface area contributed by atoms with Crippen LogP contribution in [0.3, 0.4) is 0 Å².